The smallest absolute Gasteiger partial charge is 0.209 e. The Morgan fingerprint density at radius 2 is 2.71 bits per heavy atom. The summed E-state index contributed by atoms with van der Waals surface area (Å²) < 4.78 is 4.50. The van der Waals surface area contributed by atoms with Gasteiger partial charge in [-0.25, -0.2) is 0 Å². The van der Waals surface area contributed by atoms with Gasteiger partial charge in [-0.3, -0.25) is 0 Å². The molecule has 7 heavy (non-hydrogen) atoms. The highest BCUT2D eigenvalue weighted by atomic mass is 16.5. The summed E-state index contributed by atoms with van der Waals surface area (Å²) in [5.41, 5.74) is 0. The molecule has 1 heterocycles. The first-order chi connectivity index (χ1) is 3.43. The molecule has 0 N–H and O–H groups in total. The average molecular weight is 93.1 g/mol. The van der Waals surface area contributed by atoms with Crippen LogP contribution < -0.4 is 0 Å². The SMILES string of the molecule is C#Cc1ccno1. The van der Waals surface area contributed by atoms with E-state index in [0.29, 0.717) is 5.76 Å². The monoisotopic (exact) mass is 93.0 g/mol. The molecule has 0 atom stereocenters. The van der Waals surface area contributed by atoms with E-state index in [0.717, 1.165) is 0 Å². The molecule has 0 aromatic carbocycles. The van der Waals surface area contributed by atoms with Gasteiger partial charge >= 0.3 is 0 Å². The van der Waals surface area contributed by atoms with E-state index in [1.54, 1.807) is 6.07 Å². The van der Waals surface area contributed by atoms with Gasteiger partial charge in [0.25, 0.3) is 0 Å². The second-order valence-corrected chi connectivity index (χ2v) is 1.02. The molecule has 0 unspecified atom stereocenters. The summed E-state index contributed by atoms with van der Waals surface area (Å²) in [6.07, 6.45) is 6.42. The Bertz CT molecular complexity index is 170. The minimum Gasteiger partial charge on any atom is -0.348 e. The molecule has 0 aliphatic rings. The lowest BCUT2D eigenvalue weighted by atomic mass is 10.5. The van der Waals surface area contributed by atoms with Gasteiger partial charge in [-0.1, -0.05) is 5.16 Å². The number of nitrogens with zero attached hydrogens (tertiary/aromatic N) is 1. The summed E-state index contributed by atoms with van der Waals surface area (Å²) in [6, 6.07) is 1.62. The topological polar surface area (TPSA) is 26.0 Å². The van der Waals surface area contributed by atoms with Crippen LogP contribution >= 0.6 is 0 Å². The van der Waals surface area contributed by atoms with E-state index in [4.69, 9.17) is 6.42 Å². The van der Waals surface area contributed by atoms with Crippen LogP contribution in [-0.2, 0) is 0 Å². The molecule has 0 radical (unpaired) electrons. The van der Waals surface area contributed by atoms with Crippen molar-refractivity contribution in [3.8, 4) is 12.3 Å². The van der Waals surface area contributed by atoms with E-state index in [1.165, 1.54) is 6.20 Å². The minimum atomic E-state index is 0.472. The summed E-state index contributed by atoms with van der Waals surface area (Å²) >= 11 is 0. The maximum atomic E-state index is 4.91. The summed E-state index contributed by atoms with van der Waals surface area (Å²) in [6.45, 7) is 0. The van der Waals surface area contributed by atoms with Crippen LogP contribution in [0.2, 0.25) is 0 Å². The van der Waals surface area contributed by atoms with Crippen molar-refractivity contribution in [1.82, 2.24) is 5.16 Å². The molecule has 0 saturated carbocycles. The lowest BCUT2D eigenvalue weighted by molar-refractivity contribution is 0.411. The fourth-order valence-electron chi connectivity index (χ4n) is 0.290. The quantitative estimate of drug-likeness (QED) is 0.440. The van der Waals surface area contributed by atoms with Crippen molar-refractivity contribution in [3.05, 3.63) is 18.0 Å². The van der Waals surface area contributed by atoms with Crippen molar-refractivity contribution < 1.29 is 4.52 Å². The lowest BCUT2D eigenvalue weighted by Gasteiger charge is -1.65. The Morgan fingerprint density at radius 1 is 1.86 bits per heavy atom. The Morgan fingerprint density at radius 3 is 3.00 bits per heavy atom. The van der Waals surface area contributed by atoms with Gasteiger partial charge in [0.15, 0.2) is 0 Å². The van der Waals surface area contributed by atoms with Crippen molar-refractivity contribution in [3.63, 3.8) is 0 Å². The van der Waals surface area contributed by atoms with E-state index in [1.807, 2.05) is 0 Å². The predicted octanol–water partition coefficient (Wildman–Crippen LogP) is 0.656. The predicted molar refractivity (Wildman–Crippen MR) is 24.4 cm³/mol. The zero-order valence-electron chi connectivity index (χ0n) is 3.59. The third-order valence-corrected chi connectivity index (χ3v) is 0.580. The van der Waals surface area contributed by atoms with Crippen LogP contribution in [0.3, 0.4) is 0 Å². The molecule has 0 spiro atoms. The fourth-order valence-corrected chi connectivity index (χ4v) is 0.290. The molecule has 1 aromatic heterocycles. The molecule has 0 saturated heterocycles. The number of rotatable bonds is 0. The summed E-state index contributed by atoms with van der Waals surface area (Å²) in [5.74, 6) is 2.75. The Labute approximate surface area is 41.1 Å². The molecule has 2 heteroatoms. The first-order valence-corrected chi connectivity index (χ1v) is 1.81. The molecule has 1 aromatic rings. The molecule has 0 bridgehead atoms. The number of aromatic nitrogens is 1. The molecule has 0 fully saturated rings. The number of hydrogen-bond acceptors (Lipinski definition) is 2. The standard InChI is InChI=1S/C5H3NO/c1-2-5-3-4-6-7-5/h1,3-4H. The molecule has 0 aliphatic carbocycles. The van der Waals surface area contributed by atoms with Gasteiger partial charge in [-0.05, 0) is 5.92 Å². The molecule has 0 aliphatic heterocycles. The molecule has 0 amide bonds. The first kappa shape index (κ1) is 3.94. The third-order valence-electron chi connectivity index (χ3n) is 0.580. The van der Waals surface area contributed by atoms with Crippen molar-refractivity contribution >= 4 is 0 Å². The molecular formula is C5H3NO. The minimum absolute atomic E-state index is 0.472. The first-order valence-electron chi connectivity index (χ1n) is 1.81. The van der Waals surface area contributed by atoms with Gasteiger partial charge in [0, 0.05) is 6.07 Å². The Kier molecular flexibility index (Phi) is 0.833. The summed E-state index contributed by atoms with van der Waals surface area (Å²) in [5, 5.41) is 3.38. The van der Waals surface area contributed by atoms with Crippen molar-refractivity contribution in [1.29, 1.82) is 0 Å². The molecular weight excluding hydrogens is 90.1 g/mol. The maximum Gasteiger partial charge on any atom is 0.209 e. The Balaban J connectivity index is 3.04. The molecule has 1 rings (SSSR count). The van der Waals surface area contributed by atoms with Crippen LogP contribution in [0.15, 0.2) is 16.8 Å². The number of terminal acetylenes is 1. The third kappa shape index (κ3) is 0.606. The largest absolute Gasteiger partial charge is 0.348 e. The highest BCUT2D eigenvalue weighted by molar-refractivity contribution is 5.17. The highest BCUT2D eigenvalue weighted by Gasteiger charge is 1.83. The fraction of sp³-hybridized carbons (Fsp3) is 0. The van der Waals surface area contributed by atoms with Gasteiger partial charge in [0.05, 0.1) is 6.20 Å². The second kappa shape index (κ2) is 1.48. The number of hydrogen-bond donors (Lipinski definition) is 0. The lowest BCUT2D eigenvalue weighted by Crippen LogP contribution is -1.56. The van der Waals surface area contributed by atoms with E-state index < -0.39 is 0 Å². The highest BCUT2D eigenvalue weighted by Crippen LogP contribution is 1.89. The summed E-state index contributed by atoms with van der Waals surface area (Å²) in [4.78, 5) is 0. The van der Waals surface area contributed by atoms with Gasteiger partial charge in [-0.2, -0.15) is 0 Å². The zero-order valence-corrected chi connectivity index (χ0v) is 3.59. The van der Waals surface area contributed by atoms with Crippen molar-refractivity contribution in [2.24, 2.45) is 0 Å². The van der Waals surface area contributed by atoms with E-state index in [9.17, 15) is 0 Å². The van der Waals surface area contributed by atoms with Crippen LogP contribution in [0.5, 0.6) is 0 Å². The van der Waals surface area contributed by atoms with Crippen LogP contribution in [0.25, 0.3) is 0 Å². The van der Waals surface area contributed by atoms with Gasteiger partial charge in [0.1, 0.15) is 0 Å². The summed E-state index contributed by atoms with van der Waals surface area (Å²) in [7, 11) is 0. The van der Waals surface area contributed by atoms with Gasteiger partial charge in [0.2, 0.25) is 5.76 Å². The van der Waals surface area contributed by atoms with E-state index >= 15 is 0 Å². The van der Waals surface area contributed by atoms with Crippen LogP contribution in [-0.4, -0.2) is 5.16 Å². The van der Waals surface area contributed by atoms with Crippen molar-refractivity contribution in [2.45, 2.75) is 0 Å². The van der Waals surface area contributed by atoms with Gasteiger partial charge < -0.3 is 4.52 Å². The van der Waals surface area contributed by atoms with Crippen LogP contribution in [0, 0.1) is 12.3 Å². The second-order valence-electron chi connectivity index (χ2n) is 1.02. The molecule has 2 nitrogen and oxygen atoms in total. The van der Waals surface area contributed by atoms with E-state index in [-0.39, 0.29) is 0 Å². The Hall–Kier alpha value is -1.23. The average Bonchev–Trinajstić information content (AvgIpc) is 2.14. The van der Waals surface area contributed by atoms with Crippen LogP contribution in [0.4, 0.5) is 0 Å². The van der Waals surface area contributed by atoms with E-state index in [2.05, 4.69) is 15.6 Å². The van der Waals surface area contributed by atoms with Gasteiger partial charge in [-0.15, -0.1) is 6.42 Å². The normalized spacial score (nSPS) is 7.86. The van der Waals surface area contributed by atoms with Crippen molar-refractivity contribution in [2.75, 3.05) is 0 Å². The molecule has 34 valence electrons. The maximum absolute atomic E-state index is 4.91. The van der Waals surface area contributed by atoms with Crippen LogP contribution in [0.1, 0.15) is 5.76 Å². The zero-order chi connectivity index (χ0) is 5.11.